The number of hydrogen-bond donors (Lipinski definition) is 0. The third kappa shape index (κ3) is 4.98. The summed E-state index contributed by atoms with van der Waals surface area (Å²) in [6.07, 6.45) is 8.34. The lowest BCUT2D eigenvalue weighted by molar-refractivity contribution is 0.136. The van der Waals surface area contributed by atoms with Crippen molar-refractivity contribution in [2.45, 2.75) is 57.8 Å². The second-order valence-corrected chi connectivity index (χ2v) is 8.22. The van der Waals surface area contributed by atoms with Crippen LogP contribution in [0.25, 0.3) is 0 Å². The summed E-state index contributed by atoms with van der Waals surface area (Å²) in [6, 6.07) is 21.8. The minimum absolute atomic E-state index is 0.196. The molecule has 154 valence electrons. The van der Waals surface area contributed by atoms with Crippen LogP contribution < -0.4 is 0 Å². The molecule has 0 bridgehead atoms. The Morgan fingerprint density at radius 1 is 0.967 bits per heavy atom. The van der Waals surface area contributed by atoms with E-state index in [9.17, 15) is 9.65 Å². The first kappa shape index (κ1) is 20.4. The molecule has 0 unspecified atom stereocenters. The van der Waals surface area contributed by atoms with E-state index in [4.69, 9.17) is 0 Å². The fourth-order valence-electron chi connectivity index (χ4n) is 4.53. The van der Waals surface area contributed by atoms with Gasteiger partial charge in [-0.2, -0.15) is 5.26 Å². The van der Waals surface area contributed by atoms with Crippen LogP contribution >= 0.6 is 0 Å². The fourth-order valence-corrected chi connectivity index (χ4v) is 4.53. The van der Waals surface area contributed by atoms with Gasteiger partial charge in [-0.1, -0.05) is 49.6 Å². The lowest BCUT2D eigenvalue weighted by Crippen LogP contribution is -2.36. The van der Waals surface area contributed by atoms with Gasteiger partial charge in [0.05, 0.1) is 11.6 Å². The molecule has 0 atom stereocenters. The van der Waals surface area contributed by atoms with E-state index in [-0.39, 0.29) is 5.82 Å². The van der Waals surface area contributed by atoms with E-state index < -0.39 is 0 Å². The maximum Gasteiger partial charge on any atom is 0.123 e. The Balaban J connectivity index is 1.56. The predicted octanol–water partition coefficient (Wildman–Crippen LogP) is 5.88. The number of hydrogen-bond acceptors (Lipinski definition) is 2. The predicted molar refractivity (Wildman–Crippen MR) is 117 cm³/mol. The molecule has 0 spiro atoms. The minimum Gasteiger partial charge on any atom is -0.346 e. The molecule has 4 heteroatoms. The van der Waals surface area contributed by atoms with Gasteiger partial charge in [-0.3, -0.25) is 4.90 Å². The number of benzene rings is 2. The zero-order valence-corrected chi connectivity index (χ0v) is 17.3. The van der Waals surface area contributed by atoms with Gasteiger partial charge in [0.1, 0.15) is 5.82 Å². The highest BCUT2D eigenvalue weighted by Crippen LogP contribution is 2.26. The van der Waals surface area contributed by atoms with E-state index in [1.807, 2.05) is 24.3 Å². The van der Waals surface area contributed by atoms with Gasteiger partial charge in [0.25, 0.3) is 0 Å². The van der Waals surface area contributed by atoms with Crippen molar-refractivity contribution in [2.75, 3.05) is 0 Å². The second kappa shape index (κ2) is 9.73. The standard InChI is InChI=1S/C26H28FN3/c27-24-11-6-8-21(16-24)18-29-15-7-14-26(29)20-30(25-12-2-1-3-13-25)19-23-10-5-4-9-22(23)17-28/h4-11,14-16,25H,1-3,12-13,18-20H2. The van der Waals surface area contributed by atoms with Gasteiger partial charge in [-0.05, 0) is 54.3 Å². The van der Waals surface area contributed by atoms with E-state index in [1.165, 1.54) is 43.9 Å². The maximum absolute atomic E-state index is 13.6. The molecule has 1 aliphatic carbocycles. The molecule has 1 aliphatic rings. The largest absolute Gasteiger partial charge is 0.346 e. The summed E-state index contributed by atoms with van der Waals surface area (Å²) in [5, 5.41) is 9.53. The smallest absolute Gasteiger partial charge is 0.123 e. The van der Waals surface area contributed by atoms with Crippen LogP contribution in [0.15, 0.2) is 66.9 Å². The van der Waals surface area contributed by atoms with Crippen LogP contribution in [-0.2, 0) is 19.6 Å². The first-order chi connectivity index (χ1) is 14.7. The molecule has 1 fully saturated rings. The first-order valence-electron chi connectivity index (χ1n) is 10.8. The summed E-state index contributed by atoms with van der Waals surface area (Å²) in [5.74, 6) is -0.196. The molecule has 3 aromatic rings. The molecular formula is C26H28FN3. The SMILES string of the molecule is N#Cc1ccccc1CN(Cc1cccn1Cc1cccc(F)c1)C1CCCCC1. The van der Waals surface area contributed by atoms with Crippen molar-refractivity contribution < 1.29 is 4.39 Å². The van der Waals surface area contributed by atoms with Gasteiger partial charge >= 0.3 is 0 Å². The van der Waals surface area contributed by atoms with Crippen LogP contribution in [0.1, 0.15) is 54.5 Å². The summed E-state index contributed by atoms with van der Waals surface area (Å²) in [4.78, 5) is 2.53. The Morgan fingerprint density at radius 2 is 1.80 bits per heavy atom. The van der Waals surface area contributed by atoms with Crippen LogP contribution in [0.5, 0.6) is 0 Å². The molecule has 30 heavy (non-hydrogen) atoms. The average Bonchev–Trinajstić information content (AvgIpc) is 3.21. The van der Waals surface area contributed by atoms with E-state index >= 15 is 0 Å². The highest BCUT2D eigenvalue weighted by Gasteiger charge is 2.23. The molecule has 4 rings (SSSR count). The van der Waals surface area contributed by atoms with Crippen LogP contribution in [0.3, 0.4) is 0 Å². The van der Waals surface area contributed by atoms with E-state index in [1.54, 1.807) is 12.1 Å². The van der Waals surface area contributed by atoms with Gasteiger partial charge in [0.15, 0.2) is 0 Å². The Bertz CT molecular complexity index is 1010. The summed E-state index contributed by atoms with van der Waals surface area (Å²) >= 11 is 0. The van der Waals surface area contributed by atoms with Crippen molar-refractivity contribution in [3.8, 4) is 6.07 Å². The van der Waals surface area contributed by atoms with Crippen LogP contribution in [0.2, 0.25) is 0 Å². The molecule has 1 heterocycles. The number of nitrogens with zero attached hydrogens (tertiary/aromatic N) is 3. The summed E-state index contributed by atoms with van der Waals surface area (Å²) in [7, 11) is 0. The lowest BCUT2D eigenvalue weighted by atomic mass is 9.93. The van der Waals surface area contributed by atoms with Crippen LogP contribution in [-0.4, -0.2) is 15.5 Å². The second-order valence-electron chi connectivity index (χ2n) is 8.22. The third-order valence-corrected chi connectivity index (χ3v) is 6.13. The van der Waals surface area contributed by atoms with Gasteiger partial charge in [0.2, 0.25) is 0 Å². The Kier molecular flexibility index (Phi) is 6.61. The van der Waals surface area contributed by atoms with Gasteiger partial charge < -0.3 is 4.57 Å². The van der Waals surface area contributed by atoms with Crippen molar-refractivity contribution in [3.05, 3.63) is 95.1 Å². The zero-order valence-electron chi connectivity index (χ0n) is 17.3. The third-order valence-electron chi connectivity index (χ3n) is 6.13. The van der Waals surface area contributed by atoms with Crippen molar-refractivity contribution in [1.82, 2.24) is 9.47 Å². The number of nitriles is 1. The number of aromatic nitrogens is 1. The fraction of sp³-hybridized carbons (Fsp3) is 0.346. The highest BCUT2D eigenvalue weighted by atomic mass is 19.1. The van der Waals surface area contributed by atoms with E-state index in [0.29, 0.717) is 12.6 Å². The van der Waals surface area contributed by atoms with E-state index in [2.05, 4.69) is 39.9 Å². The number of rotatable bonds is 7. The first-order valence-corrected chi connectivity index (χ1v) is 10.8. The highest BCUT2D eigenvalue weighted by molar-refractivity contribution is 5.37. The Hall–Kier alpha value is -2.90. The Morgan fingerprint density at radius 3 is 2.60 bits per heavy atom. The normalized spacial score (nSPS) is 14.7. The van der Waals surface area contributed by atoms with Gasteiger partial charge in [-0.15, -0.1) is 0 Å². The molecule has 0 aliphatic heterocycles. The van der Waals surface area contributed by atoms with Crippen molar-refractivity contribution >= 4 is 0 Å². The topological polar surface area (TPSA) is 32.0 Å². The quantitative estimate of drug-likeness (QED) is 0.495. The van der Waals surface area contributed by atoms with Crippen molar-refractivity contribution in [2.24, 2.45) is 0 Å². The molecule has 0 radical (unpaired) electrons. The van der Waals surface area contributed by atoms with Gasteiger partial charge in [0, 0.05) is 37.6 Å². The molecular weight excluding hydrogens is 373 g/mol. The summed E-state index contributed by atoms with van der Waals surface area (Å²) in [5.41, 5.74) is 4.04. The monoisotopic (exact) mass is 401 g/mol. The molecule has 3 nitrogen and oxygen atoms in total. The molecule has 0 amide bonds. The number of halogens is 1. The molecule has 1 aromatic heterocycles. The Labute approximate surface area is 178 Å². The minimum atomic E-state index is -0.196. The van der Waals surface area contributed by atoms with Crippen LogP contribution in [0.4, 0.5) is 4.39 Å². The lowest BCUT2D eigenvalue weighted by Gasteiger charge is -2.35. The molecule has 1 saturated carbocycles. The van der Waals surface area contributed by atoms with Crippen molar-refractivity contribution in [3.63, 3.8) is 0 Å². The molecule has 0 saturated heterocycles. The zero-order chi connectivity index (χ0) is 20.8. The summed E-state index contributed by atoms with van der Waals surface area (Å²) in [6.45, 7) is 2.26. The molecule has 2 aromatic carbocycles. The molecule has 0 N–H and O–H groups in total. The average molecular weight is 402 g/mol. The van der Waals surface area contributed by atoms with Gasteiger partial charge in [-0.25, -0.2) is 4.39 Å². The van der Waals surface area contributed by atoms with Crippen molar-refractivity contribution in [1.29, 1.82) is 5.26 Å². The van der Waals surface area contributed by atoms with Crippen LogP contribution in [0, 0.1) is 17.1 Å². The summed E-state index contributed by atoms with van der Waals surface area (Å²) < 4.78 is 15.8. The maximum atomic E-state index is 13.6. The van der Waals surface area contributed by atoms with E-state index in [0.717, 1.165) is 29.8 Å².